The summed E-state index contributed by atoms with van der Waals surface area (Å²) in [6.07, 6.45) is 1.71. The Labute approximate surface area is 116 Å². The van der Waals surface area contributed by atoms with E-state index in [-0.39, 0.29) is 11.4 Å². The number of nitrogens with zero attached hydrogens (tertiary/aromatic N) is 1. The SMILES string of the molecule is CCC1SCC(C(=O)O)N1C(=O)NCC1CCOC1. The Kier molecular flexibility index (Phi) is 4.93. The lowest BCUT2D eigenvalue weighted by Crippen LogP contribution is -2.50. The summed E-state index contributed by atoms with van der Waals surface area (Å²) in [6.45, 7) is 3.94. The van der Waals surface area contributed by atoms with Crippen LogP contribution >= 0.6 is 11.8 Å². The molecular formula is C12H20N2O4S. The number of urea groups is 1. The van der Waals surface area contributed by atoms with E-state index in [1.807, 2.05) is 6.92 Å². The van der Waals surface area contributed by atoms with E-state index in [4.69, 9.17) is 4.74 Å². The van der Waals surface area contributed by atoms with E-state index in [9.17, 15) is 14.7 Å². The normalized spacial score (nSPS) is 30.6. The summed E-state index contributed by atoms with van der Waals surface area (Å²) in [4.78, 5) is 24.8. The van der Waals surface area contributed by atoms with Crippen molar-refractivity contribution in [1.82, 2.24) is 10.2 Å². The molecule has 0 aromatic heterocycles. The highest BCUT2D eigenvalue weighted by atomic mass is 32.2. The standard InChI is InChI=1S/C12H20N2O4S/c1-2-10-14(9(7-19-10)11(15)16)12(17)13-5-8-3-4-18-6-8/h8-10H,2-7H2,1H3,(H,13,17)(H,15,16). The van der Waals surface area contributed by atoms with Crippen molar-refractivity contribution in [3.8, 4) is 0 Å². The van der Waals surface area contributed by atoms with Crippen molar-refractivity contribution in [2.24, 2.45) is 5.92 Å². The quantitative estimate of drug-likeness (QED) is 0.806. The Balaban J connectivity index is 1.91. The summed E-state index contributed by atoms with van der Waals surface area (Å²) in [6, 6.07) is -0.981. The molecule has 0 saturated carbocycles. The average molecular weight is 288 g/mol. The van der Waals surface area contributed by atoms with Crippen LogP contribution in [0.15, 0.2) is 0 Å². The first-order valence-electron chi connectivity index (χ1n) is 6.61. The zero-order valence-electron chi connectivity index (χ0n) is 11.0. The number of amides is 2. The Bertz CT molecular complexity index is 347. The van der Waals surface area contributed by atoms with Crippen molar-refractivity contribution in [2.75, 3.05) is 25.5 Å². The van der Waals surface area contributed by atoms with Crippen LogP contribution in [0.3, 0.4) is 0 Å². The van der Waals surface area contributed by atoms with Crippen LogP contribution in [0.1, 0.15) is 19.8 Å². The van der Waals surface area contributed by atoms with Gasteiger partial charge in [0.05, 0.1) is 12.0 Å². The van der Waals surface area contributed by atoms with Crippen molar-refractivity contribution in [2.45, 2.75) is 31.2 Å². The Hall–Kier alpha value is -0.950. The van der Waals surface area contributed by atoms with Crippen LogP contribution in [0, 0.1) is 5.92 Å². The lowest BCUT2D eigenvalue weighted by atomic mass is 10.1. The highest BCUT2D eigenvalue weighted by molar-refractivity contribution is 8.00. The molecule has 2 N–H and O–H groups in total. The molecule has 2 rings (SSSR count). The number of rotatable bonds is 4. The van der Waals surface area contributed by atoms with Gasteiger partial charge >= 0.3 is 12.0 Å². The molecule has 2 heterocycles. The number of carbonyl (C=O) groups is 2. The monoisotopic (exact) mass is 288 g/mol. The zero-order valence-corrected chi connectivity index (χ0v) is 11.8. The molecule has 2 fully saturated rings. The third-order valence-corrected chi connectivity index (χ3v) is 4.98. The van der Waals surface area contributed by atoms with Gasteiger partial charge in [0.25, 0.3) is 0 Å². The van der Waals surface area contributed by atoms with Gasteiger partial charge in [0, 0.05) is 24.8 Å². The summed E-state index contributed by atoms with van der Waals surface area (Å²) in [7, 11) is 0. The predicted octanol–water partition coefficient (Wildman–Crippen LogP) is 0.971. The summed E-state index contributed by atoms with van der Waals surface area (Å²) in [5.41, 5.74) is 0. The van der Waals surface area contributed by atoms with Crippen molar-refractivity contribution < 1.29 is 19.4 Å². The summed E-state index contributed by atoms with van der Waals surface area (Å²) < 4.78 is 5.25. The van der Waals surface area contributed by atoms with Gasteiger partial charge < -0.3 is 15.2 Å². The molecular weight excluding hydrogens is 268 g/mol. The molecule has 0 aliphatic carbocycles. The summed E-state index contributed by atoms with van der Waals surface area (Å²) >= 11 is 1.53. The van der Waals surface area contributed by atoms with Crippen LogP contribution in [0.4, 0.5) is 4.79 Å². The number of thioether (sulfide) groups is 1. The molecule has 0 bridgehead atoms. The van der Waals surface area contributed by atoms with Crippen molar-refractivity contribution in [1.29, 1.82) is 0 Å². The first kappa shape index (κ1) is 14.5. The van der Waals surface area contributed by atoms with Gasteiger partial charge in [-0.2, -0.15) is 0 Å². The molecule has 19 heavy (non-hydrogen) atoms. The maximum Gasteiger partial charge on any atom is 0.327 e. The second kappa shape index (κ2) is 6.47. The van der Waals surface area contributed by atoms with Gasteiger partial charge in [0.2, 0.25) is 0 Å². The molecule has 7 heteroatoms. The lowest BCUT2D eigenvalue weighted by Gasteiger charge is -2.27. The van der Waals surface area contributed by atoms with Crippen molar-refractivity contribution >= 4 is 23.8 Å². The third kappa shape index (κ3) is 3.33. The molecule has 108 valence electrons. The maximum absolute atomic E-state index is 12.2. The minimum Gasteiger partial charge on any atom is -0.480 e. The van der Waals surface area contributed by atoms with Gasteiger partial charge in [-0.05, 0) is 12.8 Å². The molecule has 6 nitrogen and oxygen atoms in total. The fourth-order valence-electron chi connectivity index (χ4n) is 2.41. The first-order chi connectivity index (χ1) is 9.13. The van der Waals surface area contributed by atoms with E-state index in [0.29, 0.717) is 24.8 Å². The second-order valence-corrected chi connectivity index (χ2v) is 6.08. The van der Waals surface area contributed by atoms with Crippen molar-refractivity contribution in [3.63, 3.8) is 0 Å². The fourth-order valence-corrected chi connectivity index (χ4v) is 3.75. The Morgan fingerprint density at radius 1 is 1.53 bits per heavy atom. The topological polar surface area (TPSA) is 78.9 Å². The van der Waals surface area contributed by atoms with Gasteiger partial charge in [-0.1, -0.05) is 6.92 Å². The summed E-state index contributed by atoms with van der Waals surface area (Å²) in [5, 5.41) is 12.0. The third-order valence-electron chi connectivity index (χ3n) is 3.53. The molecule has 0 aromatic carbocycles. The number of hydrogen-bond donors (Lipinski definition) is 2. The van der Waals surface area contributed by atoms with E-state index in [1.54, 1.807) is 0 Å². The van der Waals surface area contributed by atoms with E-state index in [0.717, 1.165) is 19.4 Å². The van der Waals surface area contributed by atoms with E-state index >= 15 is 0 Å². The van der Waals surface area contributed by atoms with E-state index in [1.165, 1.54) is 16.7 Å². The average Bonchev–Trinajstić information content (AvgIpc) is 3.04. The van der Waals surface area contributed by atoms with Gasteiger partial charge in [-0.25, -0.2) is 9.59 Å². The van der Waals surface area contributed by atoms with Crippen LogP contribution in [0.2, 0.25) is 0 Å². The van der Waals surface area contributed by atoms with E-state index < -0.39 is 12.0 Å². The van der Waals surface area contributed by atoms with Crippen LogP contribution in [0.5, 0.6) is 0 Å². The maximum atomic E-state index is 12.2. The lowest BCUT2D eigenvalue weighted by molar-refractivity contribution is -0.141. The second-order valence-electron chi connectivity index (χ2n) is 4.87. The molecule has 2 aliphatic heterocycles. The molecule has 0 spiro atoms. The number of carbonyl (C=O) groups excluding carboxylic acids is 1. The van der Waals surface area contributed by atoms with Gasteiger partial charge in [-0.15, -0.1) is 11.8 Å². The van der Waals surface area contributed by atoms with E-state index in [2.05, 4.69) is 5.32 Å². The van der Waals surface area contributed by atoms with Gasteiger partial charge in [0.15, 0.2) is 0 Å². The first-order valence-corrected chi connectivity index (χ1v) is 7.66. The zero-order chi connectivity index (χ0) is 13.8. The number of hydrogen-bond acceptors (Lipinski definition) is 4. The fraction of sp³-hybridized carbons (Fsp3) is 0.833. The van der Waals surface area contributed by atoms with Crippen LogP contribution in [-0.2, 0) is 9.53 Å². The highest BCUT2D eigenvalue weighted by Crippen LogP contribution is 2.31. The molecule has 2 aliphatic rings. The van der Waals surface area contributed by atoms with Crippen molar-refractivity contribution in [3.05, 3.63) is 0 Å². The minimum atomic E-state index is -0.928. The molecule has 3 atom stereocenters. The minimum absolute atomic E-state index is 0.0408. The van der Waals surface area contributed by atoms with Crippen LogP contribution in [0.25, 0.3) is 0 Å². The van der Waals surface area contributed by atoms with Crippen LogP contribution in [-0.4, -0.2) is 58.9 Å². The molecule has 2 amide bonds. The van der Waals surface area contributed by atoms with Crippen LogP contribution < -0.4 is 5.32 Å². The van der Waals surface area contributed by atoms with Gasteiger partial charge in [-0.3, -0.25) is 4.90 Å². The molecule has 0 aromatic rings. The number of ether oxygens (including phenoxy) is 1. The Morgan fingerprint density at radius 2 is 2.32 bits per heavy atom. The number of nitrogens with one attached hydrogen (secondary N) is 1. The highest BCUT2D eigenvalue weighted by Gasteiger charge is 2.40. The largest absolute Gasteiger partial charge is 0.480 e. The predicted molar refractivity (Wildman–Crippen MR) is 72.1 cm³/mol. The molecule has 2 saturated heterocycles. The smallest absolute Gasteiger partial charge is 0.327 e. The number of carboxylic acid groups (broad SMARTS) is 1. The molecule has 0 radical (unpaired) electrons. The number of aliphatic carboxylic acids is 1. The number of carboxylic acids is 1. The summed E-state index contributed by atoms with van der Waals surface area (Å²) in [5.74, 6) is -0.112. The molecule has 3 unspecified atom stereocenters. The van der Waals surface area contributed by atoms with Gasteiger partial charge in [0.1, 0.15) is 6.04 Å². The Morgan fingerprint density at radius 3 is 2.89 bits per heavy atom.